The molecule has 0 radical (unpaired) electrons. The molecule has 2 rings (SSSR count). The Labute approximate surface area is 117 Å². The van der Waals surface area contributed by atoms with Gasteiger partial charge in [-0.15, -0.1) is 0 Å². The summed E-state index contributed by atoms with van der Waals surface area (Å²) in [7, 11) is 1.66. The van der Waals surface area contributed by atoms with Gasteiger partial charge in [-0.05, 0) is 31.4 Å². The highest BCUT2D eigenvalue weighted by atomic mass is 16.6. The molecule has 1 fully saturated rings. The largest absolute Gasteiger partial charge is 0.483 e. The predicted molar refractivity (Wildman–Crippen MR) is 71.5 cm³/mol. The van der Waals surface area contributed by atoms with Gasteiger partial charge in [-0.2, -0.15) is 5.26 Å². The van der Waals surface area contributed by atoms with Crippen LogP contribution in [0.2, 0.25) is 0 Å². The Morgan fingerprint density at radius 2 is 2.15 bits per heavy atom. The third-order valence-corrected chi connectivity index (χ3v) is 3.49. The standard InChI is InChI=1S/C14H16N2O4/c1-19-11-3-2-4-12(8-11)20-14-6-5-10(9-15)7-13(14)16(17)18/h5-7,11-12H,2-4,8H2,1H3. The average Bonchev–Trinajstić information content (AvgIpc) is 2.47. The summed E-state index contributed by atoms with van der Waals surface area (Å²) in [6.07, 6.45) is 3.62. The van der Waals surface area contributed by atoms with Gasteiger partial charge in [0.15, 0.2) is 5.75 Å². The van der Waals surface area contributed by atoms with E-state index in [-0.39, 0.29) is 29.2 Å². The minimum absolute atomic E-state index is 0.0830. The molecule has 0 amide bonds. The van der Waals surface area contributed by atoms with Gasteiger partial charge in [0.05, 0.1) is 22.7 Å². The fourth-order valence-corrected chi connectivity index (χ4v) is 2.43. The molecule has 6 nitrogen and oxygen atoms in total. The van der Waals surface area contributed by atoms with Crippen molar-refractivity contribution in [2.45, 2.75) is 37.9 Å². The zero-order valence-electron chi connectivity index (χ0n) is 11.2. The fraction of sp³-hybridized carbons (Fsp3) is 0.500. The number of nitriles is 1. The second-order valence-electron chi connectivity index (χ2n) is 4.82. The highest BCUT2D eigenvalue weighted by molar-refractivity contribution is 5.51. The zero-order valence-corrected chi connectivity index (χ0v) is 11.2. The minimum atomic E-state index is -0.521. The van der Waals surface area contributed by atoms with E-state index in [2.05, 4.69) is 0 Å². The molecule has 2 unspecified atom stereocenters. The van der Waals surface area contributed by atoms with Crippen molar-refractivity contribution in [1.29, 1.82) is 5.26 Å². The molecule has 0 spiro atoms. The number of rotatable bonds is 4. The van der Waals surface area contributed by atoms with Gasteiger partial charge in [0.2, 0.25) is 0 Å². The SMILES string of the molecule is COC1CCCC(Oc2ccc(C#N)cc2[N+](=O)[O-])C1. The lowest BCUT2D eigenvalue weighted by Gasteiger charge is -2.28. The lowest BCUT2D eigenvalue weighted by atomic mass is 9.95. The zero-order chi connectivity index (χ0) is 14.5. The summed E-state index contributed by atoms with van der Waals surface area (Å²) in [5.74, 6) is 0.218. The van der Waals surface area contributed by atoms with Crippen molar-refractivity contribution in [1.82, 2.24) is 0 Å². The number of hydrogen-bond donors (Lipinski definition) is 0. The number of nitrogens with zero attached hydrogens (tertiary/aromatic N) is 2. The molecule has 0 bridgehead atoms. The fourth-order valence-electron chi connectivity index (χ4n) is 2.43. The van der Waals surface area contributed by atoms with Crippen molar-refractivity contribution in [3.05, 3.63) is 33.9 Å². The van der Waals surface area contributed by atoms with Gasteiger partial charge in [0.25, 0.3) is 0 Å². The summed E-state index contributed by atoms with van der Waals surface area (Å²) in [5, 5.41) is 19.8. The first-order chi connectivity index (χ1) is 9.63. The maximum Gasteiger partial charge on any atom is 0.312 e. The van der Waals surface area contributed by atoms with Gasteiger partial charge in [0.1, 0.15) is 6.10 Å². The summed E-state index contributed by atoms with van der Waals surface area (Å²) in [6.45, 7) is 0. The Balaban J connectivity index is 2.16. The molecule has 1 aliphatic carbocycles. The minimum Gasteiger partial charge on any atom is -0.483 e. The van der Waals surface area contributed by atoms with E-state index >= 15 is 0 Å². The van der Waals surface area contributed by atoms with E-state index in [1.54, 1.807) is 7.11 Å². The molecular formula is C14H16N2O4. The summed E-state index contributed by atoms with van der Waals surface area (Å²) < 4.78 is 11.1. The summed E-state index contributed by atoms with van der Waals surface area (Å²) >= 11 is 0. The second-order valence-corrected chi connectivity index (χ2v) is 4.82. The maximum atomic E-state index is 11.0. The molecule has 0 aliphatic heterocycles. The van der Waals surface area contributed by atoms with Gasteiger partial charge >= 0.3 is 5.69 Å². The molecule has 1 aromatic carbocycles. The Kier molecular flexibility index (Phi) is 4.53. The van der Waals surface area contributed by atoms with E-state index < -0.39 is 4.92 Å². The van der Waals surface area contributed by atoms with E-state index in [1.165, 1.54) is 18.2 Å². The molecule has 6 heteroatoms. The first kappa shape index (κ1) is 14.3. The van der Waals surface area contributed by atoms with Crippen molar-refractivity contribution in [3.8, 4) is 11.8 Å². The van der Waals surface area contributed by atoms with E-state index in [0.717, 1.165) is 25.7 Å². The lowest BCUT2D eigenvalue weighted by Crippen LogP contribution is -2.29. The van der Waals surface area contributed by atoms with Crippen LogP contribution < -0.4 is 4.74 Å². The molecule has 2 atom stereocenters. The molecule has 0 heterocycles. The van der Waals surface area contributed by atoms with Crippen molar-refractivity contribution >= 4 is 5.69 Å². The number of ether oxygens (including phenoxy) is 2. The summed E-state index contributed by atoms with van der Waals surface area (Å²) in [4.78, 5) is 10.5. The smallest absolute Gasteiger partial charge is 0.312 e. The van der Waals surface area contributed by atoms with Crippen molar-refractivity contribution in [2.24, 2.45) is 0 Å². The van der Waals surface area contributed by atoms with Crippen LogP contribution in [-0.2, 0) is 4.74 Å². The van der Waals surface area contributed by atoms with Crippen LogP contribution >= 0.6 is 0 Å². The van der Waals surface area contributed by atoms with Crippen LogP contribution in [0.3, 0.4) is 0 Å². The Hall–Kier alpha value is -2.13. The molecule has 106 valence electrons. The summed E-state index contributed by atoms with van der Waals surface area (Å²) in [5.41, 5.74) is 0.0889. The van der Waals surface area contributed by atoms with Crippen LogP contribution in [0.1, 0.15) is 31.2 Å². The predicted octanol–water partition coefficient (Wildman–Crippen LogP) is 2.80. The van der Waals surface area contributed by atoms with Crippen molar-refractivity contribution < 1.29 is 14.4 Å². The number of nitro groups is 1. The van der Waals surface area contributed by atoms with Gasteiger partial charge in [-0.3, -0.25) is 10.1 Å². The highest BCUT2D eigenvalue weighted by Crippen LogP contribution is 2.32. The number of nitro benzene ring substituents is 1. The molecule has 20 heavy (non-hydrogen) atoms. The van der Waals surface area contributed by atoms with Crippen LogP contribution in [0.5, 0.6) is 5.75 Å². The molecular weight excluding hydrogens is 260 g/mol. The van der Waals surface area contributed by atoms with Gasteiger partial charge in [-0.1, -0.05) is 0 Å². The first-order valence-corrected chi connectivity index (χ1v) is 6.52. The maximum absolute atomic E-state index is 11.0. The lowest BCUT2D eigenvalue weighted by molar-refractivity contribution is -0.386. The molecule has 1 saturated carbocycles. The Morgan fingerprint density at radius 3 is 2.80 bits per heavy atom. The average molecular weight is 276 g/mol. The van der Waals surface area contributed by atoms with Gasteiger partial charge in [-0.25, -0.2) is 0 Å². The van der Waals surface area contributed by atoms with Crippen molar-refractivity contribution in [2.75, 3.05) is 7.11 Å². The number of benzene rings is 1. The molecule has 0 saturated heterocycles. The second kappa shape index (κ2) is 6.35. The quantitative estimate of drug-likeness (QED) is 0.623. The van der Waals surface area contributed by atoms with Crippen LogP contribution in [0.15, 0.2) is 18.2 Å². The van der Waals surface area contributed by atoms with Gasteiger partial charge < -0.3 is 9.47 Å². The van der Waals surface area contributed by atoms with Gasteiger partial charge in [0, 0.05) is 19.6 Å². The topological polar surface area (TPSA) is 85.4 Å². The third kappa shape index (κ3) is 3.25. The van der Waals surface area contributed by atoms with Crippen LogP contribution in [0, 0.1) is 21.4 Å². The number of methoxy groups -OCH3 is 1. The van der Waals surface area contributed by atoms with E-state index in [9.17, 15) is 10.1 Å². The number of hydrogen-bond acceptors (Lipinski definition) is 5. The third-order valence-electron chi connectivity index (χ3n) is 3.49. The monoisotopic (exact) mass is 276 g/mol. The van der Waals surface area contributed by atoms with E-state index in [1.807, 2.05) is 6.07 Å². The van der Waals surface area contributed by atoms with E-state index in [0.29, 0.717) is 0 Å². The van der Waals surface area contributed by atoms with E-state index in [4.69, 9.17) is 14.7 Å². The molecule has 0 N–H and O–H groups in total. The normalized spacial score (nSPS) is 22.0. The Morgan fingerprint density at radius 1 is 1.40 bits per heavy atom. The summed E-state index contributed by atoms with van der Waals surface area (Å²) in [6, 6.07) is 6.15. The van der Waals surface area contributed by atoms with Crippen LogP contribution in [-0.4, -0.2) is 24.2 Å². The molecule has 1 aromatic rings. The highest BCUT2D eigenvalue weighted by Gasteiger charge is 2.26. The molecule has 1 aliphatic rings. The van der Waals surface area contributed by atoms with Crippen LogP contribution in [0.25, 0.3) is 0 Å². The molecule has 0 aromatic heterocycles. The van der Waals surface area contributed by atoms with Crippen LogP contribution in [0.4, 0.5) is 5.69 Å². The van der Waals surface area contributed by atoms with Crippen molar-refractivity contribution in [3.63, 3.8) is 0 Å². The Bertz CT molecular complexity index is 538. The first-order valence-electron chi connectivity index (χ1n) is 6.52.